The number of hydrogen-bond acceptors (Lipinski definition) is 4. The number of hydrogen-bond donors (Lipinski definition) is 1. The number of carbonyl (C=O) groups excluding carboxylic acids is 2. The van der Waals surface area contributed by atoms with E-state index in [9.17, 15) is 9.59 Å². The van der Waals surface area contributed by atoms with Crippen molar-refractivity contribution < 1.29 is 19.1 Å². The van der Waals surface area contributed by atoms with Crippen LogP contribution in [0.15, 0.2) is 12.2 Å². The Labute approximate surface area is 121 Å². The Morgan fingerprint density at radius 3 is 2.30 bits per heavy atom. The molecule has 20 heavy (non-hydrogen) atoms. The van der Waals surface area contributed by atoms with E-state index in [1.54, 1.807) is 33.8 Å². The van der Waals surface area contributed by atoms with Gasteiger partial charge in [-0.1, -0.05) is 19.9 Å². The van der Waals surface area contributed by atoms with Gasteiger partial charge in [0.2, 0.25) is 0 Å². The molecule has 0 aromatic carbocycles. The van der Waals surface area contributed by atoms with Crippen molar-refractivity contribution in [3.05, 3.63) is 12.2 Å². The maximum Gasteiger partial charge on any atom is 0.408 e. The van der Waals surface area contributed by atoms with Crippen LogP contribution in [-0.4, -0.2) is 30.3 Å². The monoisotopic (exact) mass is 285 g/mol. The molecule has 5 heteroatoms. The highest BCUT2D eigenvalue weighted by Gasteiger charge is 2.19. The molecule has 0 spiro atoms. The van der Waals surface area contributed by atoms with Gasteiger partial charge in [-0.2, -0.15) is 0 Å². The van der Waals surface area contributed by atoms with Crippen molar-refractivity contribution in [2.75, 3.05) is 6.61 Å². The van der Waals surface area contributed by atoms with E-state index >= 15 is 0 Å². The normalized spacial score (nSPS) is 13.3. The average Bonchev–Trinajstić information content (AvgIpc) is 2.22. The van der Waals surface area contributed by atoms with Crippen LogP contribution in [-0.2, 0) is 14.3 Å². The van der Waals surface area contributed by atoms with Crippen molar-refractivity contribution in [1.82, 2.24) is 5.32 Å². The second kappa shape index (κ2) is 8.61. The van der Waals surface area contributed by atoms with Crippen LogP contribution in [0.25, 0.3) is 0 Å². The molecule has 1 amide bonds. The van der Waals surface area contributed by atoms with Crippen molar-refractivity contribution in [2.45, 2.75) is 59.6 Å². The zero-order chi connectivity index (χ0) is 15.8. The van der Waals surface area contributed by atoms with Crippen molar-refractivity contribution in [3.8, 4) is 0 Å². The summed E-state index contributed by atoms with van der Waals surface area (Å²) in [5.74, 6) is -0.0333. The molecule has 0 aromatic rings. The van der Waals surface area contributed by atoms with Crippen LogP contribution in [0.1, 0.15) is 48.0 Å². The number of alkyl carbamates (subject to hydrolysis) is 1. The zero-order valence-electron chi connectivity index (χ0n) is 13.4. The molecule has 1 atom stereocenters. The number of amides is 1. The van der Waals surface area contributed by atoms with E-state index in [-0.39, 0.29) is 6.04 Å². The summed E-state index contributed by atoms with van der Waals surface area (Å²) in [6, 6.07) is -0.255. The minimum atomic E-state index is -0.544. The van der Waals surface area contributed by atoms with Crippen LogP contribution in [0.4, 0.5) is 4.79 Å². The quantitative estimate of drug-likeness (QED) is 0.602. The molecule has 5 nitrogen and oxygen atoms in total. The third-order valence-corrected chi connectivity index (χ3v) is 2.18. The summed E-state index contributed by atoms with van der Waals surface area (Å²) in [6.45, 7) is 11.6. The molecule has 0 aromatic heterocycles. The zero-order valence-corrected chi connectivity index (χ0v) is 13.4. The van der Waals surface area contributed by atoms with Gasteiger partial charge < -0.3 is 14.8 Å². The Morgan fingerprint density at radius 1 is 1.25 bits per heavy atom. The Kier molecular flexibility index (Phi) is 7.96. The highest BCUT2D eigenvalue weighted by Crippen LogP contribution is 2.10. The topological polar surface area (TPSA) is 64.6 Å². The predicted octanol–water partition coefficient (Wildman–Crippen LogP) is 3.05. The number of esters is 1. The van der Waals surface area contributed by atoms with Gasteiger partial charge >= 0.3 is 12.1 Å². The van der Waals surface area contributed by atoms with Gasteiger partial charge in [0.15, 0.2) is 0 Å². The molecule has 0 aliphatic carbocycles. The molecule has 116 valence electrons. The third-order valence-electron chi connectivity index (χ3n) is 2.18. The van der Waals surface area contributed by atoms with Crippen LogP contribution >= 0.6 is 0 Å². The fourth-order valence-electron chi connectivity index (χ4n) is 1.54. The summed E-state index contributed by atoms with van der Waals surface area (Å²) in [5, 5.41) is 2.75. The molecule has 0 aliphatic rings. The van der Waals surface area contributed by atoms with Crippen LogP contribution in [0.5, 0.6) is 0 Å². The summed E-state index contributed by atoms with van der Waals surface area (Å²) in [7, 11) is 0. The first kappa shape index (κ1) is 18.5. The molecule has 0 rings (SSSR count). The van der Waals surface area contributed by atoms with E-state index in [0.717, 1.165) is 6.42 Å². The molecule has 0 saturated heterocycles. The highest BCUT2D eigenvalue weighted by atomic mass is 16.6. The van der Waals surface area contributed by atoms with E-state index in [0.29, 0.717) is 12.5 Å². The maximum atomic E-state index is 11.7. The van der Waals surface area contributed by atoms with Gasteiger partial charge in [0, 0.05) is 6.08 Å². The summed E-state index contributed by atoms with van der Waals surface area (Å²) in [6.07, 6.45) is 3.21. The Balaban J connectivity index is 4.56. The Morgan fingerprint density at radius 2 is 1.85 bits per heavy atom. The summed E-state index contributed by atoms with van der Waals surface area (Å²) >= 11 is 0. The van der Waals surface area contributed by atoms with Gasteiger partial charge in [-0.15, -0.1) is 0 Å². The largest absolute Gasteiger partial charge is 0.463 e. The standard InChI is InChI=1S/C15H27NO4/c1-7-19-13(17)9-8-12(10-11(2)3)16-14(18)20-15(4,5)6/h8-9,11-12H,7,10H2,1-6H3,(H,16,18)/b9-8+/t12-/m1/s1. The summed E-state index contributed by atoms with van der Waals surface area (Å²) < 4.78 is 10.0. The van der Waals surface area contributed by atoms with Crippen molar-refractivity contribution in [1.29, 1.82) is 0 Å². The minimum absolute atomic E-state index is 0.255. The Hall–Kier alpha value is -1.52. The fraction of sp³-hybridized carbons (Fsp3) is 0.733. The number of carbonyl (C=O) groups is 2. The Bertz CT molecular complexity index is 342. The van der Waals surface area contributed by atoms with Crippen molar-refractivity contribution in [3.63, 3.8) is 0 Å². The van der Waals surface area contributed by atoms with Gasteiger partial charge in [0.1, 0.15) is 5.60 Å². The van der Waals surface area contributed by atoms with Gasteiger partial charge in [-0.05, 0) is 40.0 Å². The van der Waals surface area contributed by atoms with E-state index < -0.39 is 17.7 Å². The van der Waals surface area contributed by atoms with Gasteiger partial charge in [0.05, 0.1) is 12.6 Å². The van der Waals surface area contributed by atoms with E-state index in [2.05, 4.69) is 5.32 Å². The molecule has 0 bridgehead atoms. The lowest BCUT2D eigenvalue weighted by molar-refractivity contribution is -0.137. The van der Waals surface area contributed by atoms with Crippen LogP contribution in [0.3, 0.4) is 0 Å². The lowest BCUT2D eigenvalue weighted by atomic mass is 10.0. The average molecular weight is 285 g/mol. The lowest BCUT2D eigenvalue weighted by Gasteiger charge is -2.23. The molecule has 0 heterocycles. The van der Waals surface area contributed by atoms with Crippen LogP contribution < -0.4 is 5.32 Å². The smallest absolute Gasteiger partial charge is 0.408 e. The molecule has 0 saturated carbocycles. The second-order valence-corrected chi connectivity index (χ2v) is 5.99. The van der Waals surface area contributed by atoms with Crippen molar-refractivity contribution >= 4 is 12.1 Å². The second-order valence-electron chi connectivity index (χ2n) is 5.99. The maximum absolute atomic E-state index is 11.7. The molecule has 0 aliphatic heterocycles. The molecule has 1 N–H and O–H groups in total. The third kappa shape index (κ3) is 10.4. The number of ether oxygens (including phenoxy) is 2. The summed E-state index contributed by atoms with van der Waals surface area (Å²) in [5.41, 5.74) is -0.544. The SMILES string of the molecule is CCOC(=O)/C=C/[C@H](CC(C)C)NC(=O)OC(C)(C)C. The first-order valence-corrected chi connectivity index (χ1v) is 6.98. The summed E-state index contributed by atoms with van der Waals surface area (Å²) in [4.78, 5) is 23.0. The highest BCUT2D eigenvalue weighted by molar-refractivity contribution is 5.82. The first-order chi connectivity index (χ1) is 9.14. The van der Waals surface area contributed by atoms with Crippen molar-refractivity contribution in [2.24, 2.45) is 5.92 Å². The van der Waals surface area contributed by atoms with Gasteiger partial charge in [-0.3, -0.25) is 0 Å². The van der Waals surface area contributed by atoms with Gasteiger partial charge in [0.25, 0.3) is 0 Å². The first-order valence-electron chi connectivity index (χ1n) is 6.98. The van der Waals surface area contributed by atoms with E-state index in [1.165, 1.54) is 6.08 Å². The van der Waals surface area contributed by atoms with Crippen LogP contribution in [0, 0.1) is 5.92 Å². The van der Waals surface area contributed by atoms with E-state index in [1.807, 2.05) is 13.8 Å². The lowest BCUT2D eigenvalue weighted by Crippen LogP contribution is -2.38. The molecule has 0 fully saturated rings. The molecule has 0 unspecified atom stereocenters. The van der Waals surface area contributed by atoms with E-state index in [4.69, 9.17) is 9.47 Å². The predicted molar refractivity (Wildman–Crippen MR) is 78.4 cm³/mol. The number of rotatable bonds is 6. The molecular formula is C15H27NO4. The van der Waals surface area contributed by atoms with Gasteiger partial charge in [-0.25, -0.2) is 9.59 Å². The molecular weight excluding hydrogens is 258 g/mol. The number of nitrogens with one attached hydrogen (secondary N) is 1. The minimum Gasteiger partial charge on any atom is -0.463 e. The van der Waals surface area contributed by atoms with Crippen LogP contribution in [0.2, 0.25) is 0 Å². The fourth-order valence-corrected chi connectivity index (χ4v) is 1.54. The molecule has 0 radical (unpaired) electrons.